The fourth-order valence-electron chi connectivity index (χ4n) is 3.15. The van der Waals surface area contributed by atoms with Crippen molar-refractivity contribution in [3.05, 3.63) is 94.9 Å². The number of pyridine rings is 1. The molecule has 0 radical (unpaired) electrons. The largest absolute Gasteiger partial charge is 0.483 e. The quantitative estimate of drug-likeness (QED) is 0.294. The number of hydrogen-bond donors (Lipinski definition) is 3. The highest BCUT2D eigenvalue weighted by Crippen LogP contribution is 2.30. The van der Waals surface area contributed by atoms with E-state index in [1.54, 1.807) is 30.5 Å². The van der Waals surface area contributed by atoms with Crippen molar-refractivity contribution < 1.29 is 9.13 Å². The zero-order valence-electron chi connectivity index (χ0n) is 18.0. The molecule has 0 aliphatic heterocycles. The molecule has 0 aliphatic rings. The van der Waals surface area contributed by atoms with Crippen LogP contribution in [0.1, 0.15) is 22.4 Å². The average molecular weight is 432 g/mol. The summed E-state index contributed by atoms with van der Waals surface area (Å²) in [6.45, 7) is 2.11. The van der Waals surface area contributed by atoms with Gasteiger partial charge in [-0.3, -0.25) is 9.98 Å². The molecule has 3 aromatic rings. The van der Waals surface area contributed by atoms with Gasteiger partial charge in [0.15, 0.2) is 5.88 Å². The van der Waals surface area contributed by atoms with Gasteiger partial charge < -0.3 is 21.9 Å². The number of anilines is 1. The first-order valence-electron chi connectivity index (χ1n) is 9.97. The molecule has 6 N–H and O–H groups in total. The SMILES string of the molecule is CO/C(N)=C/c1ccc(-c2nc(C)ccc2/C(C=NCc2ccccc2F)=C/N)cc1N. The number of benzene rings is 2. The number of methoxy groups -OCH3 is 1. The molecule has 7 heteroatoms. The summed E-state index contributed by atoms with van der Waals surface area (Å²) in [7, 11) is 1.49. The fourth-order valence-corrected chi connectivity index (χ4v) is 3.15. The van der Waals surface area contributed by atoms with Gasteiger partial charge in [0, 0.05) is 57.7 Å². The molecule has 1 aromatic heterocycles. The van der Waals surface area contributed by atoms with Gasteiger partial charge in [0.25, 0.3) is 0 Å². The Balaban J connectivity index is 1.96. The van der Waals surface area contributed by atoms with Crippen LogP contribution in [0.2, 0.25) is 0 Å². The van der Waals surface area contributed by atoms with E-state index in [1.165, 1.54) is 19.4 Å². The van der Waals surface area contributed by atoms with Gasteiger partial charge in [0.1, 0.15) is 5.82 Å². The first-order valence-corrected chi connectivity index (χ1v) is 9.97. The monoisotopic (exact) mass is 431 g/mol. The summed E-state index contributed by atoms with van der Waals surface area (Å²) in [5, 5.41) is 0. The van der Waals surface area contributed by atoms with Gasteiger partial charge in [0.2, 0.25) is 0 Å². The van der Waals surface area contributed by atoms with Gasteiger partial charge in [-0.15, -0.1) is 0 Å². The Hall–Kier alpha value is -4.13. The number of hydrogen-bond acceptors (Lipinski definition) is 6. The lowest BCUT2D eigenvalue weighted by Crippen LogP contribution is -2.01. The van der Waals surface area contributed by atoms with Crippen LogP contribution in [0, 0.1) is 12.7 Å². The molecular formula is C25H26FN5O. The third-order valence-corrected chi connectivity index (χ3v) is 4.87. The third kappa shape index (κ3) is 5.31. The average Bonchev–Trinajstić information content (AvgIpc) is 2.79. The fraction of sp³-hybridized carbons (Fsp3) is 0.120. The number of nitrogens with two attached hydrogens (primary N) is 3. The number of allylic oxidation sites excluding steroid dienone is 1. The second-order valence-electron chi connectivity index (χ2n) is 7.13. The van der Waals surface area contributed by atoms with Crippen LogP contribution in [0.15, 0.2) is 71.7 Å². The predicted octanol–water partition coefficient (Wildman–Crippen LogP) is 4.25. The number of nitrogens with zero attached hydrogens (tertiary/aromatic N) is 2. The lowest BCUT2D eigenvalue weighted by molar-refractivity contribution is 0.291. The second kappa shape index (κ2) is 10.3. The number of aliphatic imine (C=N–C) groups is 1. The predicted molar refractivity (Wildman–Crippen MR) is 129 cm³/mol. The maximum absolute atomic E-state index is 13.9. The third-order valence-electron chi connectivity index (χ3n) is 4.87. The van der Waals surface area contributed by atoms with Crippen LogP contribution in [0.5, 0.6) is 0 Å². The van der Waals surface area contributed by atoms with Crippen LogP contribution in [0.25, 0.3) is 22.9 Å². The molecule has 32 heavy (non-hydrogen) atoms. The molecule has 0 unspecified atom stereocenters. The molecule has 0 saturated carbocycles. The van der Waals surface area contributed by atoms with Gasteiger partial charge in [0.05, 0.1) is 19.3 Å². The highest BCUT2D eigenvalue weighted by atomic mass is 19.1. The van der Waals surface area contributed by atoms with Crippen molar-refractivity contribution in [2.75, 3.05) is 12.8 Å². The topological polar surface area (TPSA) is 113 Å². The van der Waals surface area contributed by atoms with Gasteiger partial charge in [-0.1, -0.05) is 36.4 Å². The van der Waals surface area contributed by atoms with E-state index >= 15 is 0 Å². The van der Waals surface area contributed by atoms with E-state index in [2.05, 4.69) is 4.99 Å². The molecule has 3 rings (SSSR count). The van der Waals surface area contributed by atoms with E-state index in [0.29, 0.717) is 22.5 Å². The molecule has 0 aliphatic carbocycles. The van der Waals surface area contributed by atoms with Crippen molar-refractivity contribution in [1.82, 2.24) is 4.98 Å². The first kappa shape index (κ1) is 22.6. The summed E-state index contributed by atoms with van der Waals surface area (Å²) < 4.78 is 18.9. The standard InChI is InChI=1S/C25H26FN5O/c1-16-7-10-21(20(13-27)15-30-14-19-5-3-4-6-22(19)26)25(31-16)18-9-8-17(23(28)11-18)12-24(29)32-2/h3-13,15H,14,27-29H2,1-2H3/b20-13+,24-12+,30-15?. The number of aryl methyl sites for hydroxylation is 1. The molecule has 0 bridgehead atoms. The molecule has 2 aromatic carbocycles. The zero-order valence-corrected chi connectivity index (χ0v) is 18.0. The van der Waals surface area contributed by atoms with Crippen molar-refractivity contribution in [3.63, 3.8) is 0 Å². The number of ether oxygens (including phenoxy) is 1. The van der Waals surface area contributed by atoms with Crippen LogP contribution < -0.4 is 17.2 Å². The van der Waals surface area contributed by atoms with Crippen LogP contribution in [-0.4, -0.2) is 18.3 Å². The van der Waals surface area contributed by atoms with Crippen molar-refractivity contribution in [2.24, 2.45) is 16.5 Å². The van der Waals surface area contributed by atoms with E-state index in [1.807, 2.05) is 37.3 Å². The summed E-state index contributed by atoms with van der Waals surface area (Å²) in [6, 6.07) is 15.9. The minimum absolute atomic E-state index is 0.202. The van der Waals surface area contributed by atoms with E-state index in [0.717, 1.165) is 22.4 Å². The molecule has 6 nitrogen and oxygen atoms in total. The summed E-state index contributed by atoms with van der Waals surface area (Å²) >= 11 is 0. The summed E-state index contributed by atoms with van der Waals surface area (Å²) in [6.07, 6.45) is 4.74. The van der Waals surface area contributed by atoms with E-state index < -0.39 is 0 Å². The number of nitrogen functional groups attached to an aromatic ring is 1. The summed E-state index contributed by atoms with van der Waals surface area (Å²) in [4.78, 5) is 9.08. The molecular weight excluding hydrogens is 405 g/mol. The minimum atomic E-state index is -0.292. The van der Waals surface area contributed by atoms with Gasteiger partial charge in [-0.25, -0.2) is 4.39 Å². The Morgan fingerprint density at radius 2 is 1.94 bits per heavy atom. The Labute approximate surface area is 186 Å². The molecule has 0 amide bonds. The molecule has 0 fully saturated rings. The van der Waals surface area contributed by atoms with Crippen molar-refractivity contribution in [1.29, 1.82) is 0 Å². The van der Waals surface area contributed by atoms with Gasteiger partial charge in [-0.2, -0.15) is 0 Å². The maximum Gasteiger partial charge on any atom is 0.184 e. The minimum Gasteiger partial charge on any atom is -0.483 e. The molecule has 0 saturated heterocycles. The maximum atomic E-state index is 13.9. The normalized spacial score (nSPS) is 12.3. The van der Waals surface area contributed by atoms with Crippen LogP contribution >= 0.6 is 0 Å². The van der Waals surface area contributed by atoms with Crippen LogP contribution in [0.4, 0.5) is 10.1 Å². The number of rotatable bonds is 7. The molecule has 1 heterocycles. The Kier molecular flexibility index (Phi) is 7.23. The van der Waals surface area contributed by atoms with E-state index in [9.17, 15) is 4.39 Å². The lowest BCUT2D eigenvalue weighted by Gasteiger charge is -2.12. The molecule has 0 atom stereocenters. The molecule has 164 valence electrons. The smallest absolute Gasteiger partial charge is 0.184 e. The zero-order chi connectivity index (χ0) is 23.1. The Morgan fingerprint density at radius 3 is 2.62 bits per heavy atom. The lowest BCUT2D eigenvalue weighted by atomic mass is 9.98. The van der Waals surface area contributed by atoms with Crippen LogP contribution in [-0.2, 0) is 11.3 Å². The van der Waals surface area contributed by atoms with Crippen molar-refractivity contribution in [2.45, 2.75) is 13.5 Å². The molecule has 0 spiro atoms. The van der Waals surface area contributed by atoms with Crippen molar-refractivity contribution >= 4 is 23.6 Å². The highest BCUT2D eigenvalue weighted by Gasteiger charge is 2.12. The summed E-state index contributed by atoms with van der Waals surface area (Å²) in [5.74, 6) is -0.0300. The van der Waals surface area contributed by atoms with E-state index in [-0.39, 0.29) is 18.2 Å². The first-order chi connectivity index (χ1) is 15.4. The van der Waals surface area contributed by atoms with Gasteiger partial charge in [-0.05, 0) is 25.1 Å². The summed E-state index contributed by atoms with van der Waals surface area (Å²) in [5.41, 5.74) is 23.5. The van der Waals surface area contributed by atoms with Gasteiger partial charge >= 0.3 is 0 Å². The van der Waals surface area contributed by atoms with Crippen LogP contribution in [0.3, 0.4) is 0 Å². The number of aromatic nitrogens is 1. The highest BCUT2D eigenvalue weighted by molar-refractivity contribution is 6.11. The number of halogens is 1. The Bertz CT molecular complexity index is 1200. The van der Waals surface area contributed by atoms with Crippen molar-refractivity contribution in [3.8, 4) is 11.3 Å². The Morgan fingerprint density at radius 1 is 1.16 bits per heavy atom. The van der Waals surface area contributed by atoms with E-state index in [4.69, 9.17) is 26.9 Å². The second-order valence-corrected chi connectivity index (χ2v) is 7.13.